The van der Waals surface area contributed by atoms with E-state index in [0.717, 1.165) is 43.5 Å². The first kappa shape index (κ1) is 21.8. The summed E-state index contributed by atoms with van der Waals surface area (Å²) in [5, 5.41) is 0. The highest BCUT2D eigenvalue weighted by Crippen LogP contribution is 2.29. The molecule has 1 fully saturated rings. The van der Waals surface area contributed by atoms with Crippen LogP contribution in [0.25, 0.3) is 0 Å². The van der Waals surface area contributed by atoms with Crippen molar-refractivity contribution in [2.75, 3.05) is 26.2 Å². The molecule has 0 unspecified atom stereocenters. The summed E-state index contributed by atoms with van der Waals surface area (Å²) in [4.78, 5) is 14.9. The van der Waals surface area contributed by atoms with E-state index in [1.807, 2.05) is 17.0 Å². The first-order chi connectivity index (χ1) is 14.8. The highest BCUT2D eigenvalue weighted by molar-refractivity contribution is 7.89. The van der Waals surface area contributed by atoms with Crippen LogP contribution in [0.15, 0.2) is 47.4 Å². The van der Waals surface area contributed by atoms with E-state index in [1.165, 1.54) is 4.31 Å². The number of hydrogen-bond acceptors (Lipinski definition) is 4. The minimum absolute atomic E-state index is 0.000282. The van der Waals surface area contributed by atoms with Gasteiger partial charge in [-0.15, -0.1) is 0 Å². The smallest absolute Gasteiger partial charge is 0.253 e. The molecule has 1 amide bonds. The van der Waals surface area contributed by atoms with Gasteiger partial charge in [0.1, 0.15) is 12.4 Å². The molecule has 0 spiro atoms. The molecule has 2 aromatic carbocycles. The zero-order valence-corrected chi connectivity index (χ0v) is 19.0. The van der Waals surface area contributed by atoms with Crippen molar-refractivity contribution in [3.8, 4) is 5.75 Å². The lowest BCUT2D eigenvalue weighted by Gasteiger charge is -2.20. The summed E-state index contributed by atoms with van der Waals surface area (Å²) in [6.45, 7) is 6.56. The second-order valence-corrected chi connectivity index (χ2v) is 10.7. The van der Waals surface area contributed by atoms with Gasteiger partial charge in [0.15, 0.2) is 0 Å². The van der Waals surface area contributed by atoms with Gasteiger partial charge in [-0.25, -0.2) is 8.42 Å². The molecule has 6 nitrogen and oxygen atoms in total. The number of carbonyl (C=O) groups excluding carboxylic acids is 1. The van der Waals surface area contributed by atoms with Crippen LogP contribution >= 0.6 is 0 Å². The molecule has 2 aliphatic heterocycles. The number of nitrogens with zero attached hydrogens (tertiary/aromatic N) is 2. The third kappa shape index (κ3) is 4.77. The van der Waals surface area contributed by atoms with Crippen molar-refractivity contribution in [1.82, 2.24) is 9.21 Å². The molecular weight excluding hydrogens is 412 g/mol. The number of hydrogen-bond donors (Lipinski definition) is 0. The summed E-state index contributed by atoms with van der Waals surface area (Å²) in [5.74, 6) is 1.15. The first-order valence-corrected chi connectivity index (χ1v) is 12.4. The molecule has 0 radical (unpaired) electrons. The van der Waals surface area contributed by atoms with E-state index in [9.17, 15) is 13.2 Å². The van der Waals surface area contributed by atoms with Crippen molar-refractivity contribution >= 4 is 15.9 Å². The molecule has 0 atom stereocenters. The van der Waals surface area contributed by atoms with Gasteiger partial charge in [-0.2, -0.15) is 4.31 Å². The van der Waals surface area contributed by atoms with Gasteiger partial charge < -0.3 is 9.64 Å². The number of sulfonamides is 1. The molecule has 2 aromatic rings. The zero-order chi connectivity index (χ0) is 22.0. The van der Waals surface area contributed by atoms with Crippen molar-refractivity contribution < 1.29 is 17.9 Å². The summed E-state index contributed by atoms with van der Waals surface area (Å²) >= 11 is 0. The number of fused-ring (bicyclic) bond motifs is 1. The van der Waals surface area contributed by atoms with Gasteiger partial charge in [0.25, 0.3) is 5.91 Å². The Morgan fingerprint density at radius 2 is 1.74 bits per heavy atom. The highest BCUT2D eigenvalue weighted by Gasteiger charge is 2.29. The molecule has 1 saturated heterocycles. The van der Waals surface area contributed by atoms with Crippen LogP contribution < -0.4 is 4.74 Å². The SMILES string of the molecule is CC(C)Cc1ccc(S(=O)(=O)N2CCOc3ccc(C(=O)N4CCCC4)cc3C2)cc1. The van der Waals surface area contributed by atoms with Crippen LogP contribution in [0.5, 0.6) is 5.75 Å². The Morgan fingerprint density at radius 1 is 1.03 bits per heavy atom. The van der Waals surface area contributed by atoms with Gasteiger partial charge in [0.05, 0.1) is 4.90 Å². The van der Waals surface area contributed by atoms with Crippen LogP contribution in [0, 0.1) is 5.92 Å². The monoisotopic (exact) mass is 442 g/mol. The van der Waals surface area contributed by atoms with E-state index >= 15 is 0 Å². The van der Waals surface area contributed by atoms with Crippen molar-refractivity contribution in [1.29, 1.82) is 0 Å². The normalized spacial score (nSPS) is 17.3. The summed E-state index contributed by atoms with van der Waals surface area (Å²) < 4.78 is 33.9. The van der Waals surface area contributed by atoms with Gasteiger partial charge in [-0.1, -0.05) is 26.0 Å². The second kappa shape index (κ2) is 9.01. The van der Waals surface area contributed by atoms with E-state index in [2.05, 4.69) is 13.8 Å². The highest BCUT2D eigenvalue weighted by atomic mass is 32.2. The third-order valence-electron chi connectivity index (χ3n) is 5.85. The molecule has 0 aromatic heterocycles. The Kier molecular flexibility index (Phi) is 6.34. The minimum atomic E-state index is -3.66. The lowest BCUT2D eigenvalue weighted by Crippen LogP contribution is -2.32. The van der Waals surface area contributed by atoms with Crippen LogP contribution in [-0.2, 0) is 23.0 Å². The Morgan fingerprint density at radius 3 is 2.42 bits per heavy atom. The topological polar surface area (TPSA) is 66.9 Å². The van der Waals surface area contributed by atoms with Crippen LogP contribution in [0.2, 0.25) is 0 Å². The predicted molar refractivity (Wildman–Crippen MR) is 120 cm³/mol. The Labute approximate surface area is 184 Å². The van der Waals surface area contributed by atoms with Gasteiger partial charge in [-0.05, 0) is 61.1 Å². The van der Waals surface area contributed by atoms with Crippen LogP contribution in [0.3, 0.4) is 0 Å². The molecule has 2 heterocycles. The van der Waals surface area contributed by atoms with Crippen molar-refractivity contribution in [2.45, 2.75) is 44.6 Å². The molecule has 7 heteroatoms. The van der Waals surface area contributed by atoms with E-state index in [4.69, 9.17) is 4.74 Å². The maximum absolute atomic E-state index is 13.3. The van der Waals surface area contributed by atoms with Crippen LogP contribution in [0.4, 0.5) is 0 Å². The summed E-state index contributed by atoms with van der Waals surface area (Å²) in [6, 6.07) is 12.5. The first-order valence-electron chi connectivity index (χ1n) is 11.0. The van der Waals surface area contributed by atoms with Crippen LogP contribution in [-0.4, -0.2) is 49.8 Å². The predicted octanol–water partition coefficient (Wildman–Crippen LogP) is 3.70. The van der Waals surface area contributed by atoms with E-state index in [-0.39, 0.29) is 30.5 Å². The largest absolute Gasteiger partial charge is 0.492 e. The fourth-order valence-corrected chi connectivity index (χ4v) is 5.63. The average Bonchev–Trinajstić information content (AvgIpc) is 3.19. The Bertz CT molecular complexity index is 1040. The third-order valence-corrected chi connectivity index (χ3v) is 7.71. The molecule has 166 valence electrons. The minimum Gasteiger partial charge on any atom is -0.492 e. The second-order valence-electron chi connectivity index (χ2n) is 8.75. The Hall–Kier alpha value is -2.38. The summed E-state index contributed by atoms with van der Waals surface area (Å²) in [7, 11) is -3.66. The molecule has 31 heavy (non-hydrogen) atoms. The molecule has 0 saturated carbocycles. The van der Waals surface area contributed by atoms with Crippen LogP contribution in [0.1, 0.15) is 48.2 Å². The maximum Gasteiger partial charge on any atom is 0.253 e. The number of benzene rings is 2. The lowest BCUT2D eigenvalue weighted by molar-refractivity contribution is 0.0792. The fourth-order valence-electron chi connectivity index (χ4n) is 4.23. The zero-order valence-electron chi connectivity index (χ0n) is 18.2. The van der Waals surface area contributed by atoms with Gasteiger partial charge in [0, 0.05) is 37.3 Å². The standard InChI is InChI=1S/C24H30N2O4S/c1-18(2)15-19-5-8-22(9-6-19)31(28,29)26-13-14-30-23-10-7-20(16-21(23)17-26)24(27)25-11-3-4-12-25/h5-10,16,18H,3-4,11-15,17H2,1-2H3. The van der Waals surface area contributed by atoms with E-state index in [1.54, 1.807) is 30.3 Å². The van der Waals surface area contributed by atoms with Crippen molar-refractivity contribution in [3.05, 3.63) is 59.2 Å². The number of amides is 1. The number of likely N-dealkylation sites (tertiary alicyclic amines) is 1. The average molecular weight is 443 g/mol. The quantitative estimate of drug-likeness (QED) is 0.708. The molecule has 4 rings (SSSR count). The van der Waals surface area contributed by atoms with E-state index in [0.29, 0.717) is 17.2 Å². The van der Waals surface area contributed by atoms with Crippen molar-refractivity contribution in [3.63, 3.8) is 0 Å². The Balaban J connectivity index is 1.57. The molecule has 0 N–H and O–H groups in total. The molecular formula is C24H30N2O4S. The molecule has 2 aliphatic rings. The summed E-state index contributed by atoms with van der Waals surface area (Å²) in [6.07, 6.45) is 2.97. The van der Waals surface area contributed by atoms with Gasteiger partial charge in [0.2, 0.25) is 10.0 Å². The van der Waals surface area contributed by atoms with Gasteiger partial charge >= 0.3 is 0 Å². The lowest BCUT2D eigenvalue weighted by atomic mass is 10.0. The van der Waals surface area contributed by atoms with E-state index < -0.39 is 10.0 Å². The maximum atomic E-state index is 13.3. The number of rotatable bonds is 5. The fraction of sp³-hybridized carbons (Fsp3) is 0.458. The summed E-state index contributed by atoms with van der Waals surface area (Å²) in [5.41, 5.74) is 2.44. The molecule has 0 bridgehead atoms. The molecule has 0 aliphatic carbocycles. The number of ether oxygens (including phenoxy) is 1. The van der Waals surface area contributed by atoms with Gasteiger partial charge in [-0.3, -0.25) is 4.79 Å². The van der Waals surface area contributed by atoms with Crippen molar-refractivity contribution in [2.24, 2.45) is 5.92 Å². The number of carbonyl (C=O) groups is 1.